The quantitative estimate of drug-likeness (QED) is 0.665. The molecule has 4 amide bonds. The Labute approximate surface area is 185 Å². The van der Waals surface area contributed by atoms with Crippen LogP contribution in [-0.2, 0) is 22.7 Å². The molecule has 2 aromatic rings. The van der Waals surface area contributed by atoms with Gasteiger partial charge >= 0.3 is 6.36 Å². The van der Waals surface area contributed by atoms with Gasteiger partial charge in [-0.15, -0.1) is 13.2 Å². The minimum Gasteiger partial charge on any atom is -0.406 e. The van der Waals surface area contributed by atoms with E-state index in [9.17, 15) is 32.3 Å². The van der Waals surface area contributed by atoms with Crippen molar-refractivity contribution >= 4 is 23.6 Å². The predicted octanol–water partition coefficient (Wildman–Crippen LogP) is 2.28. The van der Waals surface area contributed by atoms with Crippen LogP contribution in [0.4, 0.5) is 13.2 Å². The van der Waals surface area contributed by atoms with Crippen LogP contribution in [0.15, 0.2) is 42.5 Å². The van der Waals surface area contributed by atoms with Gasteiger partial charge < -0.3 is 15.0 Å². The molecule has 1 atom stereocenters. The smallest absolute Gasteiger partial charge is 0.406 e. The molecule has 1 saturated heterocycles. The Hall–Kier alpha value is -3.89. The summed E-state index contributed by atoms with van der Waals surface area (Å²) in [5, 5.41) is 4.91. The molecule has 2 aromatic carbocycles. The largest absolute Gasteiger partial charge is 0.573 e. The Morgan fingerprint density at radius 3 is 2.52 bits per heavy atom. The van der Waals surface area contributed by atoms with E-state index in [4.69, 9.17) is 0 Å². The van der Waals surface area contributed by atoms with Gasteiger partial charge in [0.15, 0.2) is 0 Å². The maximum absolute atomic E-state index is 12.7. The summed E-state index contributed by atoms with van der Waals surface area (Å²) in [6, 6.07) is 8.86. The Kier molecular flexibility index (Phi) is 5.79. The van der Waals surface area contributed by atoms with Crippen molar-refractivity contribution in [1.29, 1.82) is 0 Å². The van der Waals surface area contributed by atoms with E-state index in [-0.39, 0.29) is 43.3 Å². The van der Waals surface area contributed by atoms with Gasteiger partial charge in [0.1, 0.15) is 11.8 Å². The first-order chi connectivity index (χ1) is 15.6. The molecule has 2 N–H and O–H groups in total. The van der Waals surface area contributed by atoms with Crippen molar-refractivity contribution in [3.8, 4) is 5.75 Å². The molecule has 0 bridgehead atoms. The van der Waals surface area contributed by atoms with E-state index in [1.165, 1.54) is 17.0 Å². The fraction of sp³-hybridized carbons (Fsp3) is 0.273. The molecule has 0 radical (unpaired) electrons. The summed E-state index contributed by atoms with van der Waals surface area (Å²) in [5.74, 6) is -2.07. The lowest BCUT2D eigenvalue weighted by Crippen LogP contribution is -2.52. The van der Waals surface area contributed by atoms with E-state index in [0.717, 1.165) is 12.1 Å². The predicted molar refractivity (Wildman–Crippen MR) is 107 cm³/mol. The number of nitrogens with zero attached hydrogens (tertiary/aromatic N) is 1. The van der Waals surface area contributed by atoms with Gasteiger partial charge in [-0.1, -0.05) is 12.1 Å². The SMILES string of the molecule is O=C1CCC(N2Cc3cc(CNC(=O)c4ccc(OC(F)(F)F)cc4)ccc3C2=O)C(=O)N1. The van der Waals surface area contributed by atoms with Gasteiger partial charge in [-0.05, 0) is 47.9 Å². The second-order valence-corrected chi connectivity index (χ2v) is 7.65. The summed E-state index contributed by atoms with van der Waals surface area (Å²) in [7, 11) is 0. The molecule has 0 spiro atoms. The summed E-state index contributed by atoms with van der Waals surface area (Å²) < 4.78 is 40.5. The van der Waals surface area contributed by atoms with E-state index < -0.39 is 30.0 Å². The van der Waals surface area contributed by atoms with Crippen LogP contribution in [0.2, 0.25) is 0 Å². The van der Waals surface area contributed by atoms with E-state index >= 15 is 0 Å². The Morgan fingerprint density at radius 2 is 1.85 bits per heavy atom. The van der Waals surface area contributed by atoms with Crippen molar-refractivity contribution in [2.24, 2.45) is 0 Å². The second-order valence-electron chi connectivity index (χ2n) is 7.65. The number of hydrogen-bond donors (Lipinski definition) is 2. The fourth-order valence-corrected chi connectivity index (χ4v) is 3.83. The fourth-order valence-electron chi connectivity index (χ4n) is 3.83. The van der Waals surface area contributed by atoms with Crippen LogP contribution >= 0.6 is 0 Å². The van der Waals surface area contributed by atoms with Gasteiger partial charge in [-0.3, -0.25) is 24.5 Å². The van der Waals surface area contributed by atoms with Crippen LogP contribution in [0.3, 0.4) is 0 Å². The van der Waals surface area contributed by atoms with E-state index in [0.29, 0.717) is 16.7 Å². The molecule has 2 aliphatic heterocycles. The molecule has 0 saturated carbocycles. The van der Waals surface area contributed by atoms with Gasteiger partial charge in [-0.25, -0.2) is 0 Å². The van der Waals surface area contributed by atoms with Gasteiger partial charge in [0, 0.05) is 30.6 Å². The number of hydrogen-bond acceptors (Lipinski definition) is 5. The molecule has 1 fully saturated rings. The number of fused-ring (bicyclic) bond motifs is 1. The van der Waals surface area contributed by atoms with E-state index in [1.54, 1.807) is 18.2 Å². The van der Waals surface area contributed by atoms with Crippen molar-refractivity contribution in [3.63, 3.8) is 0 Å². The first kappa shape index (κ1) is 22.3. The monoisotopic (exact) mass is 461 g/mol. The number of piperidine rings is 1. The lowest BCUT2D eigenvalue weighted by molar-refractivity contribution is -0.274. The highest BCUT2D eigenvalue weighted by molar-refractivity contribution is 6.05. The summed E-state index contributed by atoms with van der Waals surface area (Å²) in [4.78, 5) is 49.9. The van der Waals surface area contributed by atoms with Crippen LogP contribution in [-0.4, -0.2) is 40.9 Å². The zero-order valence-corrected chi connectivity index (χ0v) is 17.1. The molecule has 8 nitrogen and oxygen atoms in total. The molecule has 4 rings (SSSR count). The average molecular weight is 461 g/mol. The number of benzene rings is 2. The average Bonchev–Trinajstić information content (AvgIpc) is 3.07. The third-order valence-electron chi connectivity index (χ3n) is 5.39. The zero-order valence-electron chi connectivity index (χ0n) is 17.1. The lowest BCUT2D eigenvalue weighted by Gasteiger charge is -2.29. The van der Waals surface area contributed by atoms with Crippen molar-refractivity contribution in [2.75, 3.05) is 0 Å². The van der Waals surface area contributed by atoms with Crippen molar-refractivity contribution in [2.45, 2.75) is 38.3 Å². The standard InChI is InChI=1S/C22H18F3N3O5/c23-22(24,25)33-15-4-2-13(3-5-15)19(30)26-10-12-1-6-16-14(9-12)11-28(21(16)32)17-7-8-18(29)27-20(17)31/h1-6,9,17H,7-8,10-11H2,(H,26,30)(H,27,29,31). The summed E-state index contributed by atoms with van der Waals surface area (Å²) >= 11 is 0. The molecular formula is C22H18F3N3O5. The topological polar surface area (TPSA) is 105 Å². The number of carbonyl (C=O) groups excluding carboxylic acids is 4. The van der Waals surface area contributed by atoms with Gasteiger partial charge in [-0.2, -0.15) is 0 Å². The number of amides is 4. The first-order valence-electron chi connectivity index (χ1n) is 10.0. The Morgan fingerprint density at radius 1 is 1.12 bits per heavy atom. The molecule has 0 aliphatic carbocycles. The maximum Gasteiger partial charge on any atom is 0.573 e. The van der Waals surface area contributed by atoms with Gasteiger partial charge in [0.2, 0.25) is 11.8 Å². The normalized spacial score (nSPS) is 18.1. The molecular weight excluding hydrogens is 443 g/mol. The van der Waals surface area contributed by atoms with E-state index in [2.05, 4.69) is 15.4 Å². The molecule has 0 aromatic heterocycles. The third kappa shape index (κ3) is 4.97. The highest BCUT2D eigenvalue weighted by atomic mass is 19.4. The number of imide groups is 1. The van der Waals surface area contributed by atoms with Crippen LogP contribution in [0.5, 0.6) is 5.75 Å². The summed E-state index contributed by atoms with van der Waals surface area (Å²) in [6.07, 6.45) is -4.39. The number of carbonyl (C=O) groups is 4. The van der Waals surface area contributed by atoms with Crippen molar-refractivity contribution < 1.29 is 37.1 Å². The van der Waals surface area contributed by atoms with Crippen LogP contribution in [0, 0.1) is 0 Å². The van der Waals surface area contributed by atoms with Crippen LogP contribution in [0.1, 0.15) is 44.7 Å². The number of ether oxygens (including phenoxy) is 1. The minimum absolute atomic E-state index is 0.125. The molecule has 11 heteroatoms. The molecule has 1 unspecified atom stereocenters. The Balaban J connectivity index is 1.38. The van der Waals surface area contributed by atoms with Gasteiger partial charge in [0.05, 0.1) is 0 Å². The van der Waals surface area contributed by atoms with E-state index in [1.807, 2.05) is 0 Å². The van der Waals surface area contributed by atoms with Crippen molar-refractivity contribution in [3.05, 3.63) is 64.7 Å². The lowest BCUT2D eigenvalue weighted by atomic mass is 10.0. The second kappa shape index (κ2) is 8.57. The van der Waals surface area contributed by atoms with Crippen LogP contribution < -0.4 is 15.4 Å². The molecule has 2 aliphatic rings. The zero-order chi connectivity index (χ0) is 23.8. The number of nitrogens with one attached hydrogen (secondary N) is 2. The number of rotatable bonds is 5. The summed E-state index contributed by atoms with van der Waals surface area (Å²) in [6.45, 7) is 0.336. The maximum atomic E-state index is 12.7. The first-order valence-corrected chi connectivity index (χ1v) is 10.0. The molecule has 172 valence electrons. The molecule has 33 heavy (non-hydrogen) atoms. The Bertz CT molecular complexity index is 1130. The molecule has 2 heterocycles. The van der Waals surface area contributed by atoms with Gasteiger partial charge in [0.25, 0.3) is 11.8 Å². The third-order valence-corrected chi connectivity index (χ3v) is 5.39. The highest BCUT2D eigenvalue weighted by Crippen LogP contribution is 2.28. The highest BCUT2D eigenvalue weighted by Gasteiger charge is 2.39. The summed E-state index contributed by atoms with van der Waals surface area (Å²) in [5.41, 5.74) is 2.02. The number of alkyl halides is 3. The van der Waals surface area contributed by atoms with Crippen molar-refractivity contribution in [1.82, 2.24) is 15.5 Å². The van der Waals surface area contributed by atoms with Crippen LogP contribution in [0.25, 0.3) is 0 Å². The minimum atomic E-state index is -4.81. The number of halogens is 3.